The van der Waals surface area contributed by atoms with Crippen LogP contribution < -0.4 is 10.1 Å². The van der Waals surface area contributed by atoms with Crippen LogP contribution in [-0.2, 0) is 6.42 Å². The Morgan fingerprint density at radius 1 is 1.20 bits per heavy atom. The highest BCUT2D eigenvalue weighted by molar-refractivity contribution is 5.47. The van der Waals surface area contributed by atoms with Crippen LogP contribution in [0.1, 0.15) is 18.1 Å². The number of anilines is 1. The van der Waals surface area contributed by atoms with Gasteiger partial charge >= 0.3 is 0 Å². The Bertz CT molecular complexity index is 556. The number of phenols is 1. The van der Waals surface area contributed by atoms with E-state index in [2.05, 4.69) is 15.3 Å². The minimum absolute atomic E-state index is 0.287. The van der Waals surface area contributed by atoms with Crippen molar-refractivity contribution in [2.45, 2.75) is 20.3 Å². The first-order valence-corrected chi connectivity index (χ1v) is 6.67. The normalized spacial score (nSPS) is 10.3. The Morgan fingerprint density at radius 3 is 2.65 bits per heavy atom. The molecule has 2 rings (SSSR count). The van der Waals surface area contributed by atoms with Gasteiger partial charge in [-0.05, 0) is 38.0 Å². The summed E-state index contributed by atoms with van der Waals surface area (Å²) in [6.07, 6.45) is 2.36. The SMILES string of the molecule is CCOc1ncnc(NCCc2ccc(O)cc2)c1C. The molecule has 0 radical (unpaired) electrons. The first-order chi connectivity index (χ1) is 9.70. The predicted molar refractivity (Wildman–Crippen MR) is 78.2 cm³/mol. The molecule has 0 unspecified atom stereocenters. The molecule has 106 valence electrons. The Hall–Kier alpha value is -2.30. The molecule has 0 amide bonds. The number of phenolic OH excluding ortho intramolecular Hbond substituents is 1. The van der Waals surface area contributed by atoms with Crippen molar-refractivity contribution in [3.63, 3.8) is 0 Å². The first-order valence-electron chi connectivity index (χ1n) is 6.67. The molecule has 0 aliphatic rings. The third-order valence-electron chi connectivity index (χ3n) is 2.96. The topological polar surface area (TPSA) is 67.3 Å². The molecule has 1 heterocycles. The van der Waals surface area contributed by atoms with Crippen molar-refractivity contribution in [3.8, 4) is 11.6 Å². The molecular weight excluding hydrogens is 254 g/mol. The molecule has 0 saturated heterocycles. The van der Waals surface area contributed by atoms with Crippen LogP contribution in [0.4, 0.5) is 5.82 Å². The van der Waals surface area contributed by atoms with Gasteiger partial charge in [0.15, 0.2) is 0 Å². The van der Waals surface area contributed by atoms with Gasteiger partial charge in [-0.1, -0.05) is 12.1 Å². The lowest BCUT2D eigenvalue weighted by Gasteiger charge is -2.11. The summed E-state index contributed by atoms with van der Waals surface area (Å²) in [5.74, 6) is 1.70. The van der Waals surface area contributed by atoms with E-state index in [1.165, 1.54) is 6.33 Å². The summed E-state index contributed by atoms with van der Waals surface area (Å²) in [4.78, 5) is 8.33. The molecule has 1 aromatic carbocycles. The number of aromatic hydroxyl groups is 1. The lowest BCUT2D eigenvalue weighted by molar-refractivity contribution is 0.324. The molecule has 0 atom stereocenters. The van der Waals surface area contributed by atoms with Crippen LogP contribution in [-0.4, -0.2) is 28.2 Å². The number of ether oxygens (including phenoxy) is 1. The van der Waals surface area contributed by atoms with Crippen molar-refractivity contribution in [3.05, 3.63) is 41.7 Å². The molecule has 0 fully saturated rings. The number of aromatic nitrogens is 2. The summed E-state index contributed by atoms with van der Waals surface area (Å²) in [6, 6.07) is 7.21. The van der Waals surface area contributed by atoms with Crippen LogP contribution in [0.5, 0.6) is 11.6 Å². The maximum absolute atomic E-state index is 9.23. The molecule has 0 saturated carbocycles. The fourth-order valence-corrected chi connectivity index (χ4v) is 1.88. The highest BCUT2D eigenvalue weighted by atomic mass is 16.5. The molecule has 5 nitrogen and oxygen atoms in total. The van der Waals surface area contributed by atoms with Gasteiger partial charge in [0.1, 0.15) is 17.9 Å². The number of rotatable bonds is 6. The van der Waals surface area contributed by atoms with Crippen LogP contribution in [0.3, 0.4) is 0 Å². The maximum Gasteiger partial charge on any atom is 0.221 e. The van der Waals surface area contributed by atoms with E-state index in [0.717, 1.165) is 29.9 Å². The molecule has 0 bridgehead atoms. The van der Waals surface area contributed by atoms with Crippen LogP contribution in [0.25, 0.3) is 0 Å². The van der Waals surface area contributed by atoms with E-state index in [0.29, 0.717) is 12.5 Å². The van der Waals surface area contributed by atoms with Crippen molar-refractivity contribution in [2.24, 2.45) is 0 Å². The second-order valence-corrected chi connectivity index (χ2v) is 4.43. The zero-order valence-corrected chi connectivity index (χ0v) is 11.8. The lowest BCUT2D eigenvalue weighted by Crippen LogP contribution is -2.09. The molecule has 0 aliphatic heterocycles. The number of benzene rings is 1. The van der Waals surface area contributed by atoms with Crippen LogP contribution in [0.15, 0.2) is 30.6 Å². The van der Waals surface area contributed by atoms with Gasteiger partial charge in [-0.25, -0.2) is 9.97 Å². The summed E-state index contributed by atoms with van der Waals surface area (Å²) in [7, 11) is 0. The smallest absolute Gasteiger partial charge is 0.221 e. The number of hydrogen-bond donors (Lipinski definition) is 2. The average molecular weight is 273 g/mol. The van der Waals surface area contributed by atoms with Crippen molar-refractivity contribution < 1.29 is 9.84 Å². The van der Waals surface area contributed by atoms with Gasteiger partial charge in [0.25, 0.3) is 0 Å². The van der Waals surface area contributed by atoms with Gasteiger partial charge in [0, 0.05) is 6.54 Å². The largest absolute Gasteiger partial charge is 0.508 e. The van der Waals surface area contributed by atoms with E-state index in [4.69, 9.17) is 4.74 Å². The van der Waals surface area contributed by atoms with Gasteiger partial charge in [-0.2, -0.15) is 0 Å². The second-order valence-electron chi connectivity index (χ2n) is 4.43. The van der Waals surface area contributed by atoms with Gasteiger partial charge in [0.2, 0.25) is 5.88 Å². The second kappa shape index (κ2) is 6.75. The highest BCUT2D eigenvalue weighted by Crippen LogP contribution is 2.20. The molecule has 1 aromatic heterocycles. The Labute approximate surface area is 118 Å². The van der Waals surface area contributed by atoms with Crippen molar-refractivity contribution in [1.82, 2.24) is 9.97 Å². The van der Waals surface area contributed by atoms with Gasteiger partial charge in [0.05, 0.1) is 12.2 Å². The van der Waals surface area contributed by atoms with E-state index in [1.807, 2.05) is 26.0 Å². The third kappa shape index (κ3) is 3.60. The highest BCUT2D eigenvalue weighted by Gasteiger charge is 2.07. The molecule has 0 spiro atoms. The Kier molecular flexibility index (Phi) is 4.76. The maximum atomic E-state index is 9.23. The summed E-state index contributed by atoms with van der Waals surface area (Å²) in [6.45, 7) is 5.21. The van der Waals surface area contributed by atoms with E-state index in [-0.39, 0.29) is 5.75 Å². The van der Waals surface area contributed by atoms with Crippen molar-refractivity contribution >= 4 is 5.82 Å². The predicted octanol–water partition coefficient (Wildman–Crippen LogP) is 2.54. The minimum atomic E-state index is 0.287. The monoisotopic (exact) mass is 273 g/mol. The van der Waals surface area contributed by atoms with E-state index in [1.54, 1.807) is 12.1 Å². The Morgan fingerprint density at radius 2 is 1.95 bits per heavy atom. The van der Waals surface area contributed by atoms with Crippen molar-refractivity contribution in [1.29, 1.82) is 0 Å². The van der Waals surface area contributed by atoms with Crippen LogP contribution in [0.2, 0.25) is 0 Å². The van der Waals surface area contributed by atoms with Crippen LogP contribution >= 0.6 is 0 Å². The zero-order valence-electron chi connectivity index (χ0n) is 11.8. The van der Waals surface area contributed by atoms with Crippen molar-refractivity contribution in [2.75, 3.05) is 18.5 Å². The molecule has 2 N–H and O–H groups in total. The lowest BCUT2D eigenvalue weighted by atomic mass is 10.1. The van der Waals surface area contributed by atoms with Crippen LogP contribution in [0, 0.1) is 6.92 Å². The quantitative estimate of drug-likeness (QED) is 0.846. The fourth-order valence-electron chi connectivity index (χ4n) is 1.88. The van der Waals surface area contributed by atoms with E-state index < -0.39 is 0 Å². The summed E-state index contributed by atoms with van der Waals surface area (Å²) in [5, 5.41) is 12.5. The molecule has 20 heavy (non-hydrogen) atoms. The van der Waals surface area contributed by atoms with E-state index >= 15 is 0 Å². The Balaban J connectivity index is 1.94. The molecule has 5 heteroatoms. The van der Waals surface area contributed by atoms with Gasteiger partial charge in [-0.15, -0.1) is 0 Å². The number of nitrogens with one attached hydrogen (secondary N) is 1. The average Bonchev–Trinajstić information content (AvgIpc) is 2.45. The fraction of sp³-hybridized carbons (Fsp3) is 0.333. The standard InChI is InChI=1S/C15H19N3O2/c1-3-20-15-11(2)14(17-10-18-15)16-9-8-12-4-6-13(19)7-5-12/h4-7,10,19H,3,8-9H2,1-2H3,(H,16,17,18). The zero-order chi connectivity index (χ0) is 14.4. The van der Waals surface area contributed by atoms with Gasteiger partial charge in [-0.3, -0.25) is 0 Å². The third-order valence-corrected chi connectivity index (χ3v) is 2.96. The summed E-state index contributed by atoms with van der Waals surface area (Å²) in [5.41, 5.74) is 2.08. The summed E-state index contributed by atoms with van der Waals surface area (Å²) >= 11 is 0. The first kappa shape index (κ1) is 14.1. The van der Waals surface area contributed by atoms with Gasteiger partial charge < -0.3 is 15.2 Å². The molecule has 2 aromatic rings. The minimum Gasteiger partial charge on any atom is -0.508 e. The summed E-state index contributed by atoms with van der Waals surface area (Å²) < 4.78 is 5.44. The molecule has 0 aliphatic carbocycles. The molecular formula is C15H19N3O2. The van der Waals surface area contributed by atoms with E-state index in [9.17, 15) is 5.11 Å². The number of hydrogen-bond acceptors (Lipinski definition) is 5. The number of nitrogens with zero attached hydrogens (tertiary/aromatic N) is 2.